The number of hydrogen-bond donors (Lipinski definition) is 1. The topological polar surface area (TPSA) is 26.0 Å². The maximum Gasteiger partial charge on any atom is 0.417 e. The van der Waals surface area contributed by atoms with Crippen molar-refractivity contribution in [2.24, 2.45) is 11.1 Å². The van der Waals surface area contributed by atoms with Crippen molar-refractivity contribution >= 4 is 0 Å². The van der Waals surface area contributed by atoms with Crippen LogP contribution in [0.5, 0.6) is 0 Å². The molecule has 7 heteroatoms. The lowest BCUT2D eigenvalue weighted by molar-refractivity contribution is -0.162. The van der Waals surface area contributed by atoms with Gasteiger partial charge in [0.05, 0.1) is 11.1 Å². The third kappa shape index (κ3) is 3.65. The van der Waals surface area contributed by atoms with Gasteiger partial charge in [-0.25, -0.2) is 0 Å². The van der Waals surface area contributed by atoms with Crippen molar-refractivity contribution in [3.63, 3.8) is 0 Å². The fraction of sp³-hybridized carbons (Fsp3) is 0.538. The van der Waals surface area contributed by atoms with Gasteiger partial charge in [0.15, 0.2) is 0 Å². The zero-order valence-electron chi connectivity index (χ0n) is 11.2. The van der Waals surface area contributed by atoms with Gasteiger partial charge in [-0.2, -0.15) is 26.3 Å². The summed E-state index contributed by atoms with van der Waals surface area (Å²) in [6.45, 7) is 5.09. The minimum Gasteiger partial charge on any atom is -0.324 e. The Morgan fingerprint density at radius 3 is 1.65 bits per heavy atom. The molecular formula is C13H15F6N. The summed E-state index contributed by atoms with van der Waals surface area (Å²) < 4.78 is 76.2. The lowest BCUT2D eigenvalue weighted by Gasteiger charge is -2.28. The van der Waals surface area contributed by atoms with Crippen LogP contribution >= 0.6 is 0 Å². The normalized spacial score (nSPS) is 15.3. The van der Waals surface area contributed by atoms with Crippen LogP contribution in [-0.2, 0) is 12.4 Å². The van der Waals surface area contributed by atoms with Crippen molar-refractivity contribution in [1.82, 2.24) is 0 Å². The molecule has 0 fully saturated rings. The van der Waals surface area contributed by atoms with E-state index in [1.807, 2.05) is 0 Å². The molecule has 0 saturated heterocycles. The summed E-state index contributed by atoms with van der Waals surface area (Å²) in [7, 11) is 0. The summed E-state index contributed by atoms with van der Waals surface area (Å²) in [5.74, 6) is 0. The van der Waals surface area contributed by atoms with Crippen molar-refractivity contribution in [3.05, 3.63) is 34.9 Å². The van der Waals surface area contributed by atoms with Crippen LogP contribution < -0.4 is 5.73 Å². The zero-order valence-corrected chi connectivity index (χ0v) is 11.2. The Morgan fingerprint density at radius 2 is 1.30 bits per heavy atom. The molecule has 0 heterocycles. The van der Waals surface area contributed by atoms with Crippen LogP contribution in [0.15, 0.2) is 18.2 Å². The Labute approximate surface area is 112 Å². The molecular weight excluding hydrogens is 284 g/mol. The number of benzene rings is 1. The summed E-state index contributed by atoms with van der Waals surface area (Å²) in [5, 5.41) is 0. The molecule has 0 amide bonds. The minimum absolute atomic E-state index is 0.0258. The van der Waals surface area contributed by atoms with E-state index in [1.54, 1.807) is 20.8 Å². The van der Waals surface area contributed by atoms with Gasteiger partial charge in [-0.15, -0.1) is 0 Å². The molecule has 0 saturated carbocycles. The van der Waals surface area contributed by atoms with Gasteiger partial charge in [-0.1, -0.05) is 26.8 Å². The summed E-state index contributed by atoms with van der Waals surface area (Å²) >= 11 is 0. The number of rotatable bonds is 1. The van der Waals surface area contributed by atoms with Crippen molar-refractivity contribution < 1.29 is 26.3 Å². The van der Waals surface area contributed by atoms with Gasteiger partial charge >= 0.3 is 12.4 Å². The van der Waals surface area contributed by atoms with Crippen LogP contribution in [0.25, 0.3) is 0 Å². The number of alkyl halides is 6. The Hall–Kier alpha value is -1.24. The standard InChI is InChI=1S/C13H15F6N/c1-11(2,3)10(20)7-4-5-8(12(14,15)16)9(6-7)13(17,18)19/h4-6,10H,20H2,1-3H3. The van der Waals surface area contributed by atoms with Crippen LogP contribution in [0, 0.1) is 5.41 Å². The second kappa shape index (κ2) is 4.95. The molecule has 1 rings (SSSR count). The fourth-order valence-corrected chi connectivity index (χ4v) is 1.74. The lowest BCUT2D eigenvalue weighted by Crippen LogP contribution is -2.27. The SMILES string of the molecule is CC(C)(C)C(N)c1ccc(C(F)(F)F)c(C(F)(F)F)c1. The fourth-order valence-electron chi connectivity index (χ4n) is 1.74. The van der Waals surface area contributed by atoms with E-state index in [-0.39, 0.29) is 5.56 Å². The average molecular weight is 299 g/mol. The first kappa shape index (κ1) is 16.8. The van der Waals surface area contributed by atoms with Crippen LogP contribution in [-0.4, -0.2) is 0 Å². The van der Waals surface area contributed by atoms with Gasteiger partial charge < -0.3 is 5.73 Å². The van der Waals surface area contributed by atoms with Crippen LogP contribution in [0.1, 0.15) is 43.5 Å². The Balaban J connectivity index is 3.44. The molecule has 1 aromatic rings. The third-order valence-corrected chi connectivity index (χ3v) is 2.95. The molecule has 0 radical (unpaired) electrons. The molecule has 1 atom stereocenters. The van der Waals surface area contributed by atoms with Gasteiger partial charge in [0.2, 0.25) is 0 Å². The molecule has 0 aromatic heterocycles. The van der Waals surface area contributed by atoms with Crippen LogP contribution in [0.4, 0.5) is 26.3 Å². The third-order valence-electron chi connectivity index (χ3n) is 2.95. The highest BCUT2D eigenvalue weighted by atomic mass is 19.4. The van der Waals surface area contributed by atoms with E-state index >= 15 is 0 Å². The summed E-state index contributed by atoms with van der Waals surface area (Å²) in [5.41, 5.74) is 1.85. The molecule has 1 aromatic carbocycles. The largest absolute Gasteiger partial charge is 0.417 e. The van der Waals surface area contributed by atoms with E-state index < -0.39 is 34.9 Å². The molecule has 2 N–H and O–H groups in total. The van der Waals surface area contributed by atoms with Gasteiger partial charge in [0, 0.05) is 6.04 Å². The highest BCUT2D eigenvalue weighted by molar-refractivity contribution is 5.37. The van der Waals surface area contributed by atoms with Crippen molar-refractivity contribution in [1.29, 1.82) is 0 Å². The Kier molecular flexibility index (Phi) is 4.16. The second-order valence-corrected chi connectivity index (χ2v) is 5.64. The molecule has 1 nitrogen and oxygen atoms in total. The molecule has 0 aliphatic heterocycles. The molecule has 0 aliphatic rings. The molecule has 0 spiro atoms. The van der Waals surface area contributed by atoms with E-state index in [1.165, 1.54) is 0 Å². The molecule has 114 valence electrons. The summed E-state index contributed by atoms with van der Waals surface area (Å²) in [6.07, 6.45) is -10.1. The molecule has 0 aliphatic carbocycles. The summed E-state index contributed by atoms with van der Waals surface area (Å²) in [6, 6.07) is 1.11. The Morgan fingerprint density at radius 1 is 0.850 bits per heavy atom. The first-order valence-corrected chi connectivity index (χ1v) is 5.78. The van der Waals surface area contributed by atoms with Gasteiger partial charge in [0.25, 0.3) is 0 Å². The number of nitrogens with two attached hydrogens (primary N) is 1. The van der Waals surface area contributed by atoms with E-state index in [9.17, 15) is 26.3 Å². The Bertz CT molecular complexity index is 481. The van der Waals surface area contributed by atoms with Crippen molar-refractivity contribution in [2.75, 3.05) is 0 Å². The predicted molar refractivity (Wildman–Crippen MR) is 62.8 cm³/mol. The predicted octanol–water partition coefficient (Wildman–Crippen LogP) is 4.77. The minimum atomic E-state index is -5.08. The maximum atomic E-state index is 12.8. The van der Waals surface area contributed by atoms with E-state index in [4.69, 9.17) is 5.73 Å². The average Bonchev–Trinajstić information content (AvgIpc) is 2.23. The number of halogens is 6. The highest BCUT2D eigenvalue weighted by Gasteiger charge is 2.43. The smallest absolute Gasteiger partial charge is 0.324 e. The zero-order chi connectivity index (χ0) is 15.9. The highest BCUT2D eigenvalue weighted by Crippen LogP contribution is 2.42. The molecule has 1 unspecified atom stereocenters. The summed E-state index contributed by atoms with van der Waals surface area (Å²) in [4.78, 5) is 0. The number of hydrogen-bond acceptors (Lipinski definition) is 1. The molecule has 20 heavy (non-hydrogen) atoms. The van der Waals surface area contributed by atoms with Gasteiger partial charge in [-0.3, -0.25) is 0 Å². The van der Waals surface area contributed by atoms with E-state index in [0.29, 0.717) is 12.1 Å². The second-order valence-electron chi connectivity index (χ2n) is 5.64. The van der Waals surface area contributed by atoms with Crippen molar-refractivity contribution in [3.8, 4) is 0 Å². The van der Waals surface area contributed by atoms with E-state index in [0.717, 1.165) is 6.07 Å². The van der Waals surface area contributed by atoms with Crippen LogP contribution in [0.3, 0.4) is 0 Å². The van der Waals surface area contributed by atoms with Gasteiger partial charge in [-0.05, 0) is 23.1 Å². The first-order valence-electron chi connectivity index (χ1n) is 5.78. The lowest BCUT2D eigenvalue weighted by atomic mass is 9.82. The monoisotopic (exact) mass is 299 g/mol. The maximum absolute atomic E-state index is 12.8. The quantitative estimate of drug-likeness (QED) is 0.743. The van der Waals surface area contributed by atoms with E-state index in [2.05, 4.69) is 0 Å². The van der Waals surface area contributed by atoms with Gasteiger partial charge in [0.1, 0.15) is 0 Å². The van der Waals surface area contributed by atoms with Crippen LogP contribution in [0.2, 0.25) is 0 Å². The first-order chi connectivity index (χ1) is 8.74. The van der Waals surface area contributed by atoms with Crippen molar-refractivity contribution in [2.45, 2.75) is 39.2 Å². The molecule has 0 bridgehead atoms.